The molecular formula is C22H25NO6S2. The SMILES string of the molecule is CCOc1ccc(NC(=O)[C@H](C)OC(=O)c2ccccc2S[C@H]2CCS(=O)(=O)C2)cc1. The highest BCUT2D eigenvalue weighted by atomic mass is 32.2. The maximum atomic E-state index is 12.7. The fourth-order valence-corrected chi connectivity index (χ4v) is 6.71. The number of carbonyl (C=O) groups is 2. The van der Waals surface area contributed by atoms with Gasteiger partial charge in [-0.25, -0.2) is 13.2 Å². The Bertz CT molecular complexity index is 1040. The minimum atomic E-state index is -3.01. The molecule has 2 aromatic carbocycles. The quantitative estimate of drug-likeness (QED) is 0.598. The number of rotatable bonds is 8. The van der Waals surface area contributed by atoms with Crippen molar-refractivity contribution in [2.24, 2.45) is 0 Å². The zero-order valence-electron chi connectivity index (χ0n) is 17.4. The summed E-state index contributed by atoms with van der Waals surface area (Å²) in [6.07, 6.45) is -0.457. The Balaban J connectivity index is 1.61. The first kappa shape index (κ1) is 23.1. The third-order valence-corrected chi connectivity index (χ3v) is 8.00. The van der Waals surface area contributed by atoms with Crippen LogP contribution >= 0.6 is 11.8 Å². The zero-order chi connectivity index (χ0) is 22.4. The van der Waals surface area contributed by atoms with E-state index < -0.39 is 27.8 Å². The van der Waals surface area contributed by atoms with Crippen LogP contribution in [0.2, 0.25) is 0 Å². The molecule has 1 N–H and O–H groups in total. The Labute approximate surface area is 186 Å². The highest BCUT2D eigenvalue weighted by molar-refractivity contribution is 8.02. The number of anilines is 1. The average Bonchev–Trinajstić information content (AvgIpc) is 3.08. The van der Waals surface area contributed by atoms with Gasteiger partial charge >= 0.3 is 5.97 Å². The normalized spacial score (nSPS) is 18.2. The van der Waals surface area contributed by atoms with Crippen LogP contribution in [0, 0.1) is 0 Å². The predicted molar refractivity (Wildman–Crippen MR) is 120 cm³/mol. The van der Waals surface area contributed by atoms with Crippen LogP contribution in [0.1, 0.15) is 30.6 Å². The topological polar surface area (TPSA) is 98.8 Å². The van der Waals surface area contributed by atoms with Crippen molar-refractivity contribution in [3.8, 4) is 5.75 Å². The molecule has 1 amide bonds. The van der Waals surface area contributed by atoms with Crippen molar-refractivity contribution in [2.45, 2.75) is 36.5 Å². The van der Waals surface area contributed by atoms with Crippen LogP contribution in [-0.2, 0) is 19.4 Å². The molecule has 0 aromatic heterocycles. The summed E-state index contributed by atoms with van der Waals surface area (Å²) >= 11 is 1.36. The molecule has 2 aromatic rings. The van der Waals surface area contributed by atoms with Crippen LogP contribution in [0.5, 0.6) is 5.75 Å². The summed E-state index contributed by atoms with van der Waals surface area (Å²) in [6.45, 7) is 3.94. The lowest BCUT2D eigenvalue weighted by atomic mass is 10.2. The maximum Gasteiger partial charge on any atom is 0.340 e. The predicted octanol–water partition coefficient (Wildman–Crippen LogP) is 3.55. The van der Waals surface area contributed by atoms with Gasteiger partial charge in [0, 0.05) is 15.8 Å². The number of benzene rings is 2. The molecule has 3 rings (SSSR count). The molecule has 0 radical (unpaired) electrons. The first-order valence-corrected chi connectivity index (χ1v) is 12.7. The number of hydrogen-bond donors (Lipinski definition) is 1. The number of thioether (sulfide) groups is 1. The van der Waals surface area contributed by atoms with Crippen molar-refractivity contribution < 1.29 is 27.5 Å². The van der Waals surface area contributed by atoms with Crippen molar-refractivity contribution >= 4 is 39.2 Å². The van der Waals surface area contributed by atoms with Gasteiger partial charge in [-0.1, -0.05) is 12.1 Å². The standard InChI is InChI=1S/C22H25NO6S2/c1-3-28-17-10-8-16(9-11-17)23-21(24)15(2)29-22(25)19-6-4-5-7-20(19)30-18-12-13-31(26,27)14-18/h4-11,15,18H,3,12-14H2,1-2H3,(H,23,24)/t15-,18-/m0/s1. The molecule has 1 saturated heterocycles. The van der Waals surface area contributed by atoms with Gasteiger partial charge in [0.1, 0.15) is 5.75 Å². The van der Waals surface area contributed by atoms with Crippen LogP contribution < -0.4 is 10.1 Å². The first-order valence-electron chi connectivity index (χ1n) is 9.98. The number of nitrogens with one attached hydrogen (secondary N) is 1. The van der Waals surface area contributed by atoms with Crippen LogP contribution in [0.3, 0.4) is 0 Å². The molecular weight excluding hydrogens is 438 g/mol. The summed E-state index contributed by atoms with van der Waals surface area (Å²) < 4.78 is 34.2. The van der Waals surface area contributed by atoms with Crippen LogP contribution in [0.4, 0.5) is 5.69 Å². The first-order chi connectivity index (χ1) is 14.8. The highest BCUT2D eigenvalue weighted by Gasteiger charge is 2.30. The molecule has 0 spiro atoms. The smallest absolute Gasteiger partial charge is 0.340 e. The van der Waals surface area contributed by atoms with E-state index in [2.05, 4.69) is 5.32 Å². The summed E-state index contributed by atoms with van der Waals surface area (Å²) in [7, 11) is -3.01. The summed E-state index contributed by atoms with van der Waals surface area (Å²) in [4.78, 5) is 25.8. The summed E-state index contributed by atoms with van der Waals surface area (Å²) in [6, 6.07) is 13.8. The molecule has 0 saturated carbocycles. The summed E-state index contributed by atoms with van der Waals surface area (Å²) in [5.41, 5.74) is 0.882. The molecule has 0 unspecified atom stereocenters. The van der Waals surface area contributed by atoms with Gasteiger partial charge in [0.25, 0.3) is 5.91 Å². The molecule has 1 fully saturated rings. The number of esters is 1. The van der Waals surface area contributed by atoms with E-state index in [1.165, 1.54) is 18.7 Å². The van der Waals surface area contributed by atoms with E-state index in [0.717, 1.165) is 0 Å². The van der Waals surface area contributed by atoms with Crippen LogP contribution in [-0.4, -0.2) is 49.8 Å². The van der Waals surface area contributed by atoms with Crippen molar-refractivity contribution in [3.05, 3.63) is 54.1 Å². The van der Waals surface area contributed by atoms with E-state index in [0.29, 0.717) is 34.9 Å². The van der Waals surface area contributed by atoms with Crippen LogP contribution in [0.25, 0.3) is 0 Å². The van der Waals surface area contributed by atoms with E-state index in [-0.39, 0.29) is 16.8 Å². The summed E-state index contributed by atoms with van der Waals surface area (Å²) in [5.74, 6) is -0.117. The Morgan fingerprint density at radius 2 is 1.87 bits per heavy atom. The van der Waals surface area contributed by atoms with E-state index in [1.54, 1.807) is 48.5 Å². The van der Waals surface area contributed by atoms with Gasteiger partial charge in [-0.2, -0.15) is 0 Å². The van der Waals surface area contributed by atoms with E-state index in [1.807, 2.05) is 6.92 Å². The van der Waals surface area contributed by atoms with Crippen molar-refractivity contribution in [2.75, 3.05) is 23.4 Å². The van der Waals surface area contributed by atoms with E-state index in [9.17, 15) is 18.0 Å². The number of sulfone groups is 1. The van der Waals surface area contributed by atoms with Crippen molar-refractivity contribution in [1.29, 1.82) is 0 Å². The largest absolute Gasteiger partial charge is 0.494 e. The minimum absolute atomic E-state index is 0.0978. The molecule has 31 heavy (non-hydrogen) atoms. The van der Waals surface area contributed by atoms with Crippen LogP contribution in [0.15, 0.2) is 53.4 Å². The van der Waals surface area contributed by atoms with Crippen molar-refractivity contribution in [3.63, 3.8) is 0 Å². The van der Waals surface area contributed by atoms with E-state index in [4.69, 9.17) is 9.47 Å². The Morgan fingerprint density at radius 3 is 2.52 bits per heavy atom. The molecule has 1 aliphatic heterocycles. The van der Waals surface area contributed by atoms with Gasteiger partial charge in [0.15, 0.2) is 15.9 Å². The number of hydrogen-bond acceptors (Lipinski definition) is 7. The second-order valence-electron chi connectivity index (χ2n) is 7.13. The Kier molecular flexibility index (Phi) is 7.61. The molecule has 166 valence electrons. The lowest BCUT2D eigenvalue weighted by Gasteiger charge is -2.16. The average molecular weight is 464 g/mol. The fraction of sp³-hybridized carbons (Fsp3) is 0.364. The number of ether oxygens (including phenoxy) is 2. The highest BCUT2D eigenvalue weighted by Crippen LogP contribution is 2.33. The van der Waals surface area contributed by atoms with Gasteiger partial charge < -0.3 is 14.8 Å². The molecule has 1 heterocycles. The van der Waals surface area contributed by atoms with Gasteiger partial charge in [-0.05, 0) is 56.7 Å². The molecule has 7 nitrogen and oxygen atoms in total. The zero-order valence-corrected chi connectivity index (χ0v) is 19.0. The summed E-state index contributed by atoms with van der Waals surface area (Å²) in [5, 5.41) is 2.61. The van der Waals surface area contributed by atoms with E-state index >= 15 is 0 Å². The maximum absolute atomic E-state index is 12.7. The second-order valence-corrected chi connectivity index (χ2v) is 10.7. The lowest BCUT2D eigenvalue weighted by molar-refractivity contribution is -0.123. The lowest BCUT2D eigenvalue weighted by Crippen LogP contribution is -2.30. The second kappa shape index (κ2) is 10.2. The fourth-order valence-electron chi connectivity index (χ4n) is 3.09. The molecule has 0 aliphatic carbocycles. The third-order valence-electron chi connectivity index (χ3n) is 4.68. The number of amides is 1. The Hall–Kier alpha value is -2.52. The van der Waals surface area contributed by atoms with Gasteiger partial charge in [0.05, 0.1) is 23.7 Å². The Morgan fingerprint density at radius 1 is 1.16 bits per heavy atom. The number of carbonyl (C=O) groups excluding carboxylic acids is 2. The molecule has 1 aliphatic rings. The van der Waals surface area contributed by atoms with Gasteiger partial charge in [-0.15, -0.1) is 11.8 Å². The van der Waals surface area contributed by atoms with Crippen molar-refractivity contribution in [1.82, 2.24) is 0 Å². The monoisotopic (exact) mass is 463 g/mol. The van der Waals surface area contributed by atoms with Gasteiger partial charge in [0.2, 0.25) is 0 Å². The molecule has 2 atom stereocenters. The third kappa shape index (κ3) is 6.48. The molecule has 9 heteroatoms. The minimum Gasteiger partial charge on any atom is -0.494 e. The van der Waals surface area contributed by atoms with Gasteiger partial charge in [-0.3, -0.25) is 4.79 Å². The molecule has 0 bridgehead atoms.